The van der Waals surface area contributed by atoms with Crippen molar-refractivity contribution < 1.29 is 4.79 Å². The number of benzene rings is 1. The molecule has 0 saturated heterocycles. The van der Waals surface area contributed by atoms with Gasteiger partial charge in [0.1, 0.15) is 0 Å². The molecule has 1 aromatic rings. The average Bonchev–Trinajstić information content (AvgIpc) is 2.29. The van der Waals surface area contributed by atoms with Gasteiger partial charge in [0.15, 0.2) is 0 Å². The molecular weight excluding hydrogens is 224 g/mol. The van der Waals surface area contributed by atoms with Gasteiger partial charge in [-0.1, -0.05) is 12.1 Å². The molecule has 0 aliphatic heterocycles. The van der Waals surface area contributed by atoms with Crippen LogP contribution in [-0.4, -0.2) is 11.9 Å². The molecular formula is C15H24N2O. The summed E-state index contributed by atoms with van der Waals surface area (Å²) in [5.41, 5.74) is 10.6. The van der Waals surface area contributed by atoms with Crippen LogP contribution in [0.3, 0.4) is 0 Å². The zero-order valence-electron chi connectivity index (χ0n) is 11.8. The highest BCUT2D eigenvalue weighted by Gasteiger charge is 2.06. The first-order valence-corrected chi connectivity index (χ1v) is 6.49. The van der Waals surface area contributed by atoms with Crippen molar-refractivity contribution in [2.75, 3.05) is 0 Å². The van der Waals surface area contributed by atoms with Crippen LogP contribution in [0.2, 0.25) is 0 Å². The Kier molecular flexibility index (Phi) is 5.35. The summed E-state index contributed by atoms with van der Waals surface area (Å²) in [4.78, 5) is 11.6. The number of carbonyl (C=O) groups is 1. The fourth-order valence-electron chi connectivity index (χ4n) is 1.85. The van der Waals surface area contributed by atoms with Gasteiger partial charge < -0.3 is 11.1 Å². The van der Waals surface area contributed by atoms with Gasteiger partial charge in [-0.05, 0) is 56.4 Å². The molecule has 1 amide bonds. The van der Waals surface area contributed by atoms with Crippen molar-refractivity contribution in [3.63, 3.8) is 0 Å². The van der Waals surface area contributed by atoms with Crippen LogP contribution in [0, 0.1) is 20.8 Å². The topological polar surface area (TPSA) is 55.1 Å². The Morgan fingerprint density at radius 3 is 2.44 bits per heavy atom. The summed E-state index contributed by atoms with van der Waals surface area (Å²) in [5, 5.41) is 2.95. The fourth-order valence-corrected chi connectivity index (χ4v) is 1.85. The largest absolute Gasteiger partial charge is 0.352 e. The Morgan fingerprint density at radius 1 is 1.22 bits per heavy atom. The van der Waals surface area contributed by atoms with E-state index < -0.39 is 0 Å². The quantitative estimate of drug-likeness (QED) is 0.840. The number of carbonyl (C=O) groups excluding carboxylic acids is 1. The first kappa shape index (κ1) is 14.7. The van der Waals surface area contributed by atoms with Gasteiger partial charge in [0.05, 0.1) is 0 Å². The van der Waals surface area contributed by atoms with Crippen molar-refractivity contribution in [2.24, 2.45) is 5.73 Å². The van der Waals surface area contributed by atoms with Crippen LogP contribution in [0.15, 0.2) is 12.1 Å². The number of hydrogen-bond donors (Lipinski definition) is 2. The molecule has 0 radical (unpaired) electrons. The molecule has 3 nitrogen and oxygen atoms in total. The summed E-state index contributed by atoms with van der Waals surface area (Å²) in [6.45, 7) is 8.80. The molecule has 0 aromatic heterocycles. The lowest BCUT2D eigenvalue weighted by Gasteiger charge is -2.11. The molecule has 0 aliphatic carbocycles. The van der Waals surface area contributed by atoms with E-state index in [2.05, 4.69) is 38.2 Å². The van der Waals surface area contributed by atoms with Crippen LogP contribution < -0.4 is 11.1 Å². The zero-order chi connectivity index (χ0) is 13.7. The third-order valence-electron chi connectivity index (χ3n) is 3.26. The summed E-state index contributed by atoms with van der Waals surface area (Å²) >= 11 is 0. The van der Waals surface area contributed by atoms with E-state index in [0.29, 0.717) is 13.0 Å². The number of hydrogen-bond acceptors (Lipinski definition) is 2. The van der Waals surface area contributed by atoms with E-state index in [1.54, 1.807) is 0 Å². The molecule has 1 unspecified atom stereocenters. The van der Waals surface area contributed by atoms with Gasteiger partial charge in [-0.25, -0.2) is 0 Å². The second kappa shape index (κ2) is 6.55. The maximum Gasteiger partial charge on any atom is 0.220 e. The lowest BCUT2D eigenvalue weighted by Crippen LogP contribution is -2.25. The highest BCUT2D eigenvalue weighted by molar-refractivity contribution is 5.75. The second-order valence-electron chi connectivity index (χ2n) is 5.16. The fraction of sp³-hybridized carbons (Fsp3) is 0.533. The van der Waals surface area contributed by atoms with Gasteiger partial charge in [-0.15, -0.1) is 0 Å². The second-order valence-corrected chi connectivity index (χ2v) is 5.16. The highest BCUT2D eigenvalue weighted by atomic mass is 16.1. The molecule has 0 saturated carbocycles. The average molecular weight is 248 g/mol. The molecule has 0 heterocycles. The van der Waals surface area contributed by atoms with Crippen molar-refractivity contribution in [1.82, 2.24) is 5.32 Å². The Labute approximate surface area is 110 Å². The third-order valence-corrected chi connectivity index (χ3v) is 3.26. The van der Waals surface area contributed by atoms with E-state index in [-0.39, 0.29) is 11.9 Å². The predicted octanol–water partition coefficient (Wildman–Crippen LogP) is 2.36. The van der Waals surface area contributed by atoms with Crippen LogP contribution in [0.1, 0.15) is 42.0 Å². The molecule has 1 aromatic carbocycles. The molecule has 0 spiro atoms. The third kappa shape index (κ3) is 4.49. The summed E-state index contributed by atoms with van der Waals surface area (Å²) in [7, 11) is 0. The normalized spacial score (nSPS) is 12.3. The molecule has 0 aliphatic rings. The minimum absolute atomic E-state index is 0.0740. The molecule has 100 valence electrons. The first-order valence-electron chi connectivity index (χ1n) is 6.49. The van der Waals surface area contributed by atoms with Gasteiger partial charge in [0.2, 0.25) is 5.91 Å². The van der Waals surface area contributed by atoms with Crippen LogP contribution in [-0.2, 0) is 11.3 Å². The van der Waals surface area contributed by atoms with Crippen molar-refractivity contribution in [2.45, 2.75) is 53.1 Å². The summed E-state index contributed by atoms with van der Waals surface area (Å²) in [6, 6.07) is 4.40. The number of nitrogens with two attached hydrogens (primary N) is 1. The SMILES string of the molecule is Cc1cc(C)c(CNC(=O)CCC(C)N)cc1C. The Hall–Kier alpha value is -1.35. The summed E-state index contributed by atoms with van der Waals surface area (Å²) < 4.78 is 0. The van der Waals surface area contributed by atoms with E-state index in [9.17, 15) is 4.79 Å². The minimum Gasteiger partial charge on any atom is -0.352 e. The van der Waals surface area contributed by atoms with Gasteiger partial charge in [-0.3, -0.25) is 4.79 Å². The van der Waals surface area contributed by atoms with Gasteiger partial charge in [0.25, 0.3) is 0 Å². The molecule has 3 N–H and O–H groups in total. The molecule has 1 rings (SSSR count). The van der Waals surface area contributed by atoms with Crippen molar-refractivity contribution in [3.8, 4) is 0 Å². The zero-order valence-corrected chi connectivity index (χ0v) is 11.8. The molecule has 1 atom stereocenters. The highest BCUT2D eigenvalue weighted by Crippen LogP contribution is 2.15. The summed E-state index contributed by atoms with van der Waals surface area (Å²) in [6.07, 6.45) is 1.24. The lowest BCUT2D eigenvalue weighted by molar-refractivity contribution is -0.121. The van der Waals surface area contributed by atoms with E-state index >= 15 is 0 Å². The smallest absolute Gasteiger partial charge is 0.220 e. The van der Waals surface area contributed by atoms with E-state index in [0.717, 1.165) is 6.42 Å². The Balaban J connectivity index is 2.53. The summed E-state index contributed by atoms with van der Waals surface area (Å²) in [5.74, 6) is 0.0740. The number of nitrogens with one attached hydrogen (secondary N) is 1. The molecule has 18 heavy (non-hydrogen) atoms. The van der Waals surface area contributed by atoms with E-state index in [1.165, 1.54) is 22.3 Å². The first-order chi connectivity index (χ1) is 8.40. The van der Waals surface area contributed by atoms with Gasteiger partial charge in [0, 0.05) is 19.0 Å². The lowest BCUT2D eigenvalue weighted by atomic mass is 10.0. The monoisotopic (exact) mass is 248 g/mol. The van der Waals surface area contributed by atoms with Crippen LogP contribution in [0.25, 0.3) is 0 Å². The van der Waals surface area contributed by atoms with Crippen LogP contribution >= 0.6 is 0 Å². The van der Waals surface area contributed by atoms with Gasteiger partial charge in [-0.2, -0.15) is 0 Å². The molecule has 3 heteroatoms. The van der Waals surface area contributed by atoms with Gasteiger partial charge >= 0.3 is 0 Å². The van der Waals surface area contributed by atoms with Crippen molar-refractivity contribution in [3.05, 3.63) is 34.4 Å². The molecule has 0 bridgehead atoms. The number of rotatable bonds is 5. The number of amides is 1. The van der Waals surface area contributed by atoms with Crippen LogP contribution in [0.4, 0.5) is 0 Å². The predicted molar refractivity (Wildman–Crippen MR) is 75.4 cm³/mol. The Morgan fingerprint density at radius 2 is 1.83 bits per heavy atom. The minimum atomic E-state index is 0.0740. The van der Waals surface area contributed by atoms with Crippen molar-refractivity contribution >= 4 is 5.91 Å². The maximum absolute atomic E-state index is 11.6. The number of aryl methyl sites for hydroxylation is 3. The van der Waals surface area contributed by atoms with E-state index in [1.807, 2.05) is 6.92 Å². The van der Waals surface area contributed by atoms with E-state index in [4.69, 9.17) is 5.73 Å². The maximum atomic E-state index is 11.6. The van der Waals surface area contributed by atoms with Crippen LogP contribution in [0.5, 0.6) is 0 Å². The Bertz CT molecular complexity index is 425. The molecule has 0 fully saturated rings. The van der Waals surface area contributed by atoms with Crippen molar-refractivity contribution in [1.29, 1.82) is 0 Å². The standard InChI is InChI=1S/C15H24N2O/c1-10-7-12(3)14(8-11(10)2)9-17-15(18)6-5-13(4)16/h7-8,13H,5-6,9,16H2,1-4H3,(H,17,18).